The van der Waals surface area contributed by atoms with Crippen molar-refractivity contribution in [3.63, 3.8) is 0 Å². The summed E-state index contributed by atoms with van der Waals surface area (Å²) >= 11 is 6.93. The highest BCUT2D eigenvalue weighted by Gasteiger charge is 2.38. The molecule has 0 atom stereocenters. The van der Waals surface area contributed by atoms with Crippen LogP contribution < -0.4 is 5.73 Å². The molecule has 3 nitrogen and oxygen atoms in total. The van der Waals surface area contributed by atoms with Crippen molar-refractivity contribution >= 4 is 37.8 Å². The van der Waals surface area contributed by atoms with Gasteiger partial charge in [-0.2, -0.15) is 0 Å². The molecule has 1 aromatic carbocycles. The Balaban J connectivity index is 2.33. The van der Waals surface area contributed by atoms with Crippen molar-refractivity contribution in [3.05, 3.63) is 32.2 Å². The summed E-state index contributed by atoms with van der Waals surface area (Å²) in [6.07, 6.45) is 1.63. The fourth-order valence-corrected chi connectivity index (χ4v) is 3.27. The van der Waals surface area contributed by atoms with Crippen molar-refractivity contribution in [2.24, 2.45) is 11.1 Å². The summed E-state index contributed by atoms with van der Waals surface area (Å²) in [6.45, 7) is 0.406. The van der Waals surface area contributed by atoms with E-state index < -0.39 is 5.97 Å². The normalized spacial score (nSPS) is 16.9. The van der Waals surface area contributed by atoms with Gasteiger partial charge in [0.15, 0.2) is 0 Å². The number of halogens is 2. The lowest BCUT2D eigenvalue weighted by molar-refractivity contribution is -0.139. The molecule has 0 radical (unpaired) electrons. The summed E-state index contributed by atoms with van der Waals surface area (Å²) in [5.41, 5.74) is 7.88. The summed E-state index contributed by atoms with van der Waals surface area (Å²) in [6, 6.07) is 4.11. The number of fused-ring (bicyclic) bond motifs is 1. The molecule has 0 saturated heterocycles. The van der Waals surface area contributed by atoms with Gasteiger partial charge in [0.25, 0.3) is 0 Å². The number of aliphatic carboxylic acids is 1. The number of nitrogens with two attached hydrogens (primary N) is 1. The van der Waals surface area contributed by atoms with Crippen LogP contribution in [0.15, 0.2) is 21.1 Å². The monoisotopic (exact) mass is 361 g/mol. The van der Waals surface area contributed by atoms with Crippen LogP contribution in [0.5, 0.6) is 0 Å². The van der Waals surface area contributed by atoms with Gasteiger partial charge < -0.3 is 10.8 Å². The molecule has 5 heteroatoms. The highest BCUT2D eigenvalue weighted by Crippen LogP contribution is 2.41. The average molecular weight is 363 g/mol. The predicted octanol–water partition coefficient (Wildman–Crippen LogP) is 2.73. The maximum Gasteiger partial charge on any atom is 0.303 e. The lowest BCUT2D eigenvalue weighted by Gasteiger charge is -2.24. The first kappa shape index (κ1) is 13.1. The third-order valence-electron chi connectivity index (χ3n) is 3.33. The van der Waals surface area contributed by atoms with Crippen LogP contribution >= 0.6 is 31.9 Å². The molecule has 0 amide bonds. The number of carbonyl (C=O) groups is 1. The van der Waals surface area contributed by atoms with Crippen LogP contribution in [0, 0.1) is 5.41 Å². The number of rotatable bonds is 3. The summed E-state index contributed by atoms with van der Waals surface area (Å²) in [5.74, 6) is -0.776. The van der Waals surface area contributed by atoms with E-state index in [0.29, 0.717) is 6.54 Å². The molecule has 17 heavy (non-hydrogen) atoms. The minimum atomic E-state index is -0.776. The molecule has 0 bridgehead atoms. The molecule has 92 valence electrons. The summed E-state index contributed by atoms with van der Waals surface area (Å²) in [5, 5.41) is 8.98. The van der Waals surface area contributed by atoms with Gasteiger partial charge in [0, 0.05) is 14.4 Å². The van der Waals surface area contributed by atoms with Gasteiger partial charge in [-0.25, -0.2) is 0 Å². The second-order valence-corrected chi connectivity index (χ2v) is 6.37. The van der Waals surface area contributed by atoms with E-state index in [0.717, 1.165) is 21.8 Å². The second kappa shape index (κ2) is 4.71. The zero-order chi connectivity index (χ0) is 12.6. The van der Waals surface area contributed by atoms with Gasteiger partial charge in [-0.3, -0.25) is 4.79 Å². The van der Waals surface area contributed by atoms with Gasteiger partial charge in [-0.05, 0) is 74.5 Å². The minimum Gasteiger partial charge on any atom is -0.481 e. The Morgan fingerprint density at radius 2 is 1.76 bits per heavy atom. The number of carboxylic acids is 1. The number of hydrogen-bond donors (Lipinski definition) is 2. The SMILES string of the molecule is NCC1(CC(=O)O)Cc2cc(Br)c(Br)cc2C1. The predicted molar refractivity (Wildman–Crippen MR) is 73.0 cm³/mol. The first-order valence-electron chi connectivity index (χ1n) is 5.34. The van der Waals surface area contributed by atoms with Crippen molar-refractivity contribution in [3.8, 4) is 0 Å². The summed E-state index contributed by atoms with van der Waals surface area (Å²) in [7, 11) is 0. The molecule has 2 rings (SSSR count). The molecule has 1 aromatic rings. The van der Waals surface area contributed by atoms with Crippen LogP contribution in [0.3, 0.4) is 0 Å². The topological polar surface area (TPSA) is 63.3 Å². The molecule has 0 spiro atoms. The van der Waals surface area contributed by atoms with E-state index in [1.807, 2.05) is 0 Å². The van der Waals surface area contributed by atoms with Crippen LogP contribution in [0.4, 0.5) is 0 Å². The zero-order valence-electron chi connectivity index (χ0n) is 9.17. The fourth-order valence-electron chi connectivity index (χ4n) is 2.49. The van der Waals surface area contributed by atoms with E-state index in [1.54, 1.807) is 0 Å². The third kappa shape index (κ3) is 2.56. The molecule has 1 aliphatic carbocycles. The zero-order valence-corrected chi connectivity index (χ0v) is 12.3. The molecular formula is C12H13Br2NO2. The van der Waals surface area contributed by atoms with Crippen molar-refractivity contribution in [1.29, 1.82) is 0 Å². The van der Waals surface area contributed by atoms with Gasteiger partial charge >= 0.3 is 5.97 Å². The molecule has 0 heterocycles. The average Bonchev–Trinajstić information content (AvgIpc) is 2.56. The largest absolute Gasteiger partial charge is 0.481 e. The van der Waals surface area contributed by atoms with E-state index in [2.05, 4.69) is 44.0 Å². The van der Waals surface area contributed by atoms with E-state index in [4.69, 9.17) is 10.8 Å². The standard InChI is InChI=1S/C12H13Br2NO2/c13-9-1-7-3-12(6-15,5-11(16)17)4-8(7)2-10(9)14/h1-2H,3-6,15H2,(H,16,17). The van der Waals surface area contributed by atoms with Crippen LogP contribution in [-0.4, -0.2) is 17.6 Å². The van der Waals surface area contributed by atoms with E-state index >= 15 is 0 Å². The van der Waals surface area contributed by atoms with Gasteiger partial charge in [0.2, 0.25) is 0 Å². The summed E-state index contributed by atoms with van der Waals surface area (Å²) < 4.78 is 2.00. The molecule has 3 N–H and O–H groups in total. The van der Waals surface area contributed by atoms with E-state index in [1.165, 1.54) is 11.1 Å². The second-order valence-electron chi connectivity index (χ2n) is 4.66. The molecule has 1 aliphatic rings. The highest BCUT2D eigenvalue weighted by molar-refractivity contribution is 9.13. The van der Waals surface area contributed by atoms with Crippen molar-refractivity contribution in [1.82, 2.24) is 0 Å². The summed E-state index contributed by atoms with van der Waals surface area (Å²) in [4.78, 5) is 10.9. The van der Waals surface area contributed by atoms with Crippen molar-refractivity contribution in [2.75, 3.05) is 6.54 Å². The van der Waals surface area contributed by atoms with Crippen LogP contribution in [0.25, 0.3) is 0 Å². The molecule has 0 aromatic heterocycles. The van der Waals surface area contributed by atoms with Gasteiger partial charge in [0.1, 0.15) is 0 Å². The van der Waals surface area contributed by atoms with Crippen molar-refractivity contribution in [2.45, 2.75) is 19.3 Å². The molecular weight excluding hydrogens is 350 g/mol. The lowest BCUT2D eigenvalue weighted by atomic mass is 9.81. The van der Waals surface area contributed by atoms with E-state index in [9.17, 15) is 4.79 Å². The first-order chi connectivity index (χ1) is 7.96. The lowest BCUT2D eigenvalue weighted by Crippen LogP contribution is -2.33. The molecule has 0 fully saturated rings. The molecule has 0 saturated carbocycles. The van der Waals surface area contributed by atoms with Crippen LogP contribution in [0.2, 0.25) is 0 Å². The van der Waals surface area contributed by atoms with Crippen molar-refractivity contribution < 1.29 is 9.90 Å². The Kier molecular flexibility index (Phi) is 3.61. The number of carboxylic acid groups (broad SMARTS) is 1. The minimum absolute atomic E-state index is 0.132. The van der Waals surface area contributed by atoms with Crippen LogP contribution in [-0.2, 0) is 17.6 Å². The maximum atomic E-state index is 10.9. The Morgan fingerprint density at radius 3 is 2.12 bits per heavy atom. The Morgan fingerprint density at radius 1 is 1.29 bits per heavy atom. The number of benzene rings is 1. The third-order valence-corrected chi connectivity index (χ3v) is 5.18. The van der Waals surface area contributed by atoms with Crippen LogP contribution in [0.1, 0.15) is 17.5 Å². The van der Waals surface area contributed by atoms with Gasteiger partial charge in [-0.1, -0.05) is 0 Å². The smallest absolute Gasteiger partial charge is 0.303 e. The Labute approximate surface area is 117 Å². The maximum absolute atomic E-state index is 10.9. The fraction of sp³-hybridized carbons (Fsp3) is 0.417. The Hall–Kier alpha value is -0.390. The first-order valence-corrected chi connectivity index (χ1v) is 6.93. The molecule has 0 unspecified atom stereocenters. The van der Waals surface area contributed by atoms with E-state index in [-0.39, 0.29) is 11.8 Å². The van der Waals surface area contributed by atoms with Gasteiger partial charge in [-0.15, -0.1) is 0 Å². The van der Waals surface area contributed by atoms with Gasteiger partial charge in [0.05, 0.1) is 6.42 Å². The molecule has 0 aliphatic heterocycles. The highest BCUT2D eigenvalue weighted by atomic mass is 79.9. The quantitative estimate of drug-likeness (QED) is 0.868. The number of hydrogen-bond acceptors (Lipinski definition) is 2. The Bertz CT molecular complexity index is 443.